The number of ether oxygens (including phenoxy) is 1. The smallest absolute Gasteiger partial charge is 0.122 e. The zero-order chi connectivity index (χ0) is 10.1. The van der Waals surface area contributed by atoms with Gasteiger partial charge in [-0.25, -0.2) is 0 Å². The van der Waals surface area contributed by atoms with Gasteiger partial charge in [0.25, 0.3) is 0 Å². The first-order valence-corrected chi connectivity index (χ1v) is 5.08. The minimum absolute atomic E-state index is 0.275. The summed E-state index contributed by atoms with van der Waals surface area (Å²) in [5, 5.41) is 9.81. The molecule has 0 spiro atoms. The van der Waals surface area contributed by atoms with Gasteiger partial charge in [-0.05, 0) is 55.0 Å². The molecule has 0 aromatic heterocycles. The number of benzene rings is 1. The number of methoxy groups -OCH3 is 1. The van der Waals surface area contributed by atoms with Crippen LogP contribution in [0.3, 0.4) is 0 Å². The van der Waals surface area contributed by atoms with Crippen LogP contribution in [0.5, 0.6) is 5.75 Å². The van der Waals surface area contributed by atoms with Crippen LogP contribution in [0.4, 0.5) is 0 Å². The predicted octanol–water partition coefficient (Wildman–Crippen LogP) is 2.37. The van der Waals surface area contributed by atoms with Crippen molar-refractivity contribution in [2.75, 3.05) is 7.11 Å². The molecule has 1 N–H and O–H groups in total. The van der Waals surface area contributed by atoms with Gasteiger partial charge in [-0.1, -0.05) is 0 Å². The van der Waals surface area contributed by atoms with E-state index in [1.54, 1.807) is 7.11 Å². The van der Waals surface area contributed by atoms with Crippen molar-refractivity contribution in [3.8, 4) is 5.75 Å². The van der Waals surface area contributed by atoms with Gasteiger partial charge in [0.15, 0.2) is 0 Å². The lowest BCUT2D eigenvalue weighted by atomic mass is 9.88. The summed E-state index contributed by atoms with van der Waals surface area (Å²) >= 11 is 0. The summed E-state index contributed by atoms with van der Waals surface area (Å²) in [6.07, 6.45) is 2.74. The van der Waals surface area contributed by atoms with Gasteiger partial charge in [0.2, 0.25) is 0 Å². The molecule has 1 aromatic carbocycles. The largest absolute Gasteiger partial charge is 0.496 e. The highest BCUT2D eigenvalue weighted by Gasteiger charge is 2.19. The van der Waals surface area contributed by atoms with Crippen LogP contribution in [0.25, 0.3) is 0 Å². The molecule has 0 heterocycles. The molecular formula is C12H16O2. The average molecular weight is 192 g/mol. The minimum Gasteiger partial charge on any atom is -0.496 e. The van der Waals surface area contributed by atoms with Gasteiger partial charge in [-0.15, -0.1) is 0 Å². The molecule has 2 heteroatoms. The normalized spacial score (nSPS) is 20.4. The van der Waals surface area contributed by atoms with Gasteiger partial charge in [0.1, 0.15) is 5.75 Å². The molecule has 1 aliphatic carbocycles. The third-order valence-corrected chi connectivity index (χ3v) is 2.94. The molecule has 1 aliphatic rings. The Labute approximate surface area is 84.5 Å². The summed E-state index contributed by atoms with van der Waals surface area (Å²) < 4.78 is 5.26. The van der Waals surface area contributed by atoms with Crippen molar-refractivity contribution in [3.63, 3.8) is 0 Å². The number of hydrogen-bond donors (Lipinski definition) is 1. The Bertz CT molecular complexity index is 344. The number of rotatable bonds is 1. The molecule has 0 fully saturated rings. The van der Waals surface area contributed by atoms with Crippen LogP contribution < -0.4 is 4.74 Å². The fraction of sp³-hybridized carbons (Fsp3) is 0.500. The second-order valence-electron chi connectivity index (χ2n) is 3.93. The van der Waals surface area contributed by atoms with Crippen LogP contribution in [0.1, 0.15) is 35.6 Å². The lowest BCUT2D eigenvalue weighted by Crippen LogP contribution is -2.09. The summed E-state index contributed by atoms with van der Waals surface area (Å²) in [7, 11) is 1.69. The number of aryl methyl sites for hydroxylation is 2. The van der Waals surface area contributed by atoms with E-state index < -0.39 is 0 Å². The molecule has 1 aromatic rings. The van der Waals surface area contributed by atoms with Gasteiger partial charge >= 0.3 is 0 Å². The van der Waals surface area contributed by atoms with Crippen molar-refractivity contribution >= 4 is 0 Å². The number of aliphatic hydroxyl groups excluding tert-OH is 1. The number of fused-ring (bicyclic) bond motifs is 1. The van der Waals surface area contributed by atoms with Crippen LogP contribution >= 0.6 is 0 Å². The summed E-state index contributed by atoms with van der Waals surface area (Å²) in [6.45, 7) is 2.01. The lowest BCUT2D eigenvalue weighted by molar-refractivity contribution is 0.156. The van der Waals surface area contributed by atoms with Crippen LogP contribution in [0.15, 0.2) is 12.1 Å². The minimum atomic E-state index is -0.275. The van der Waals surface area contributed by atoms with E-state index >= 15 is 0 Å². The Kier molecular flexibility index (Phi) is 2.46. The van der Waals surface area contributed by atoms with E-state index in [2.05, 4.69) is 12.1 Å². The van der Waals surface area contributed by atoms with Crippen LogP contribution in [-0.2, 0) is 6.42 Å². The Morgan fingerprint density at radius 3 is 2.93 bits per heavy atom. The fourth-order valence-electron chi connectivity index (χ4n) is 2.14. The van der Waals surface area contributed by atoms with E-state index in [9.17, 15) is 5.11 Å². The second-order valence-corrected chi connectivity index (χ2v) is 3.93. The van der Waals surface area contributed by atoms with Gasteiger partial charge in [-0.2, -0.15) is 0 Å². The Hall–Kier alpha value is -1.02. The standard InChI is InChI=1S/C12H16O2/c1-8-6-10-9(7-12(8)14-2)4-3-5-11(10)13/h6-7,11,13H,3-5H2,1-2H3. The Morgan fingerprint density at radius 2 is 2.21 bits per heavy atom. The first-order valence-electron chi connectivity index (χ1n) is 5.08. The van der Waals surface area contributed by atoms with Gasteiger partial charge < -0.3 is 9.84 Å². The highest BCUT2D eigenvalue weighted by atomic mass is 16.5. The molecule has 0 radical (unpaired) electrons. The highest BCUT2D eigenvalue weighted by molar-refractivity contribution is 5.44. The molecule has 76 valence electrons. The van der Waals surface area contributed by atoms with E-state index in [1.165, 1.54) is 5.56 Å². The van der Waals surface area contributed by atoms with Crippen molar-refractivity contribution < 1.29 is 9.84 Å². The van der Waals surface area contributed by atoms with E-state index in [0.717, 1.165) is 36.1 Å². The summed E-state index contributed by atoms with van der Waals surface area (Å²) in [5.74, 6) is 0.929. The van der Waals surface area contributed by atoms with Crippen molar-refractivity contribution in [2.45, 2.75) is 32.3 Å². The molecule has 1 atom stereocenters. The van der Waals surface area contributed by atoms with Crippen molar-refractivity contribution in [3.05, 3.63) is 28.8 Å². The lowest BCUT2D eigenvalue weighted by Gasteiger charge is -2.22. The Balaban J connectivity index is 2.48. The maximum absolute atomic E-state index is 9.81. The zero-order valence-corrected chi connectivity index (χ0v) is 8.71. The fourth-order valence-corrected chi connectivity index (χ4v) is 2.14. The second kappa shape index (κ2) is 3.62. The Morgan fingerprint density at radius 1 is 1.43 bits per heavy atom. The molecule has 2 rings (SSSR count). The highest BCUT2D eigenvalue weighted by Crippen LogP contribution is 2.33. The summed E-state index contributed by atoms with van der Waals surface area (Å²) in [4.78, 5) is 0. The molecule has 2 nitrogen and oxygen atoms in total. The third kappa shape index (κ3) is 1.50. The molecule has 14 heavy (non-hydrogen) atoms. The molecule has 0 aliphatic heterocycles. The summed E-state index contributed by atoms with van der Waals surface area (Å²) in [6, 6.07) is 4.12. The van der Waals surface area contributed by atoms with Crippen molar-refractivity contribution in [1.29, 1.82) is 0 Å². The molecule has 0 bridgehead atoms. The molecule has 1 unspecified atom stereocenters. The molecule has 0 amide bonds. The van der Waals surface area contributed by atoms with Crippen molar-refractivity contribution in [2.24, 2.45) is 0 Å². The zero-order valence-electron chi connectivity index (χ0n) is 8.71. The first-order chi connectivity index (χ1) is 6.72. The quantitative estimate of drug-likeness (QED) is 0.740. The third-order valence-electron chi connectivity index (χ3n) is 2.94. The van der Waals surface area contributed by atoms with Gasteiger partial charge in [0.05, 0.1) is 13.2 Å². The van der Waals surface area contributed by atoms with Gasteiger partial charge in [0, 0.05) is 0 Å². The van der Waals surface area contributed by atoms with Crippen molar-refractivity contribution in [1.82, 2.24) is 0 Å². The van der Waals surface area contributed by atoms with E-state index in [4.69, 9.17) is 4.74 Å². The van der Waals surface area contributed by atoms with E-state index in [0.29, 0.717) is 0 Å². The van der Waals surface area contributed by atoms with E-state index in [1.807, 2.05) is 6.92 Å². The summed E-state index contributed by atoms with van der Waals surface area (Å²) in [5.41, 5.74) is 3.44. The molecule has 0 saturated heterocycles. The maximum Gasteiger partial charge on any atom is 0.122 e. The average Bonchev–Trinajstić information content (AvgIpc) is 2.19. The predicted molar refractivity (Wildman–Crippen MR) is 55.6 cm³/mol. The first kappa shape index (κ1) is 9.53. The van der Waals surface area contributed by atoms with Crippen LogP contribution in [0.2, 0.25) is 0 Å². The molecular weight excluding hydrogens is 176 g/mol. The van der Waals surface area contributed by atoms with Crippen LogP contribution in [-0.4, -0.2) is 12.2 Å². The number of aliphatic hydroxyl groups is 1. The van der Waals surface area contributed by atoms with Gasteiger partial charge in [-0.3, -0.25) is 0 Å². The number of hydrogen-bond acceptors (Lipinski definition) is 2. The van der Waals surface area contributed by atoms with Crippen LogP contribution in [0, 0.1) is 6.92 Å². The maximum atomic E-state index is 9.81. The SMILES string of the molecule is COc1cc2c(cc1C)C(O)CCC2. The topological polar surface area (TPSA) is 29.5 Å². The molecule has 0 saturated carbocycles. The monoisotopic (exact) mass is 192 g/mol. The van der Waals surface area contributed by atoms with E-state index in [-0.39, 0.29) is 6.10 Å².